The van der Waals surface area contributed by atoms with Gasteiger partial charge in [-0.25, -0.2) is 14.5 Å². The molecular formula is C23H20N4O4. The van der Waals surface area contributed by atoms with E-state index in [4.69, 9.17) is 18.9 Å². The van der Waals surface area contributed by atoms with Crippen LogP contribution in [0.4, 0.5) is 0 Å². The summed E-state index contributed by atoms with van der Waals surface area (Å²) in [5, 5.41) is 3.13. The Morgan fingerprint density at radius 2 is 1.68 bits per heavy atom. The minimum absolute atomic E-state index is 0.204. The normalized spacial score (nSPS) is 11.4. The average Bonchev–Trinajstić information content (AvgIpc) is 3.34. The number of para-hydroxylation sites is 2. The van der Waals surface area contributed by atoms with Gasteiger partial charge in [0.15, 0.2) is 16.7 Å². The highest BCUT2D eigenvalue weighted by molar-refractivity contribution is 5.85. The lowest BCUT2D eigenvalue weighted by atomic mass is 10.0. The van der Waals surface area contributed by atoms with Crippen molar-refractivity contribution in [1.29, 1.82) is 0 Å². The van der Waals surface area contributed by atoms with Crippen LogP contribution < -0.4 is 15.0 Å². The number of hydrogen-bond donors (Lipinski definition) is 1. The molecule has 8 heteroatoms. The highest BCUT2D eigenvalue weighted by atomic mass is 16.5. The van der Waals surface area contributed by atoms with Crippen molar-refractivity contribution in [2.45, 2.75) is 13.8 Å². The fourth-order valence-electron chi connectivity index (χ4n) is 3.91. The maximum Gasteiger partial charge on any atom is 0.285 e. The van der Waals surface area contributed by atoms with Gasteiger partial charge in [0.25, 0.3) is 5.56 Å². The first-order valence-corrected chi connectivity index (χ1v) is 9.72. The molecule has 0 unspecified atom stereocenters. The van der Waals surface area contributed by atoms with Gasteiger partial charge in [-0.1, -0.05) is 24.3 Å². The maximum atomic E-state index is 13.5. The molecule has 0 amide bonds. The Morgan fingerprint density at radius 3 is 2.45 bits per heavy atom. The van der Waals surface area contributed by atoms with Crippen molar-refractivity contribution < 1.29 is 13.9 Å². The van der Waals surface area contributed by atoms with E-state index in [0.29, 0.717) is 39.5 Å². The van der Waals surface area contributed by atoms with E-state index < -0.39 is 0 Å². The van der Waals surface area contributed by atoms with Crippen LogP contribution in [0.1, 0.15) is 11.4 Å². The summed E-state index contributed by atoms with van der Waals surface area (Å²) in [4.78, 5) is 22.7. The molecule has 0 saturated carbocycles. The first-order chi connectivity index (χ1) is 15.0. The van der Waals surface area contributed by atoms with Gasteiger partial charge in [-0.2, -0.15) is 0 Å². The van der Waals surface area contributed by atoms with Crippen molar-refractivity contribution in [3.8, 4) is 34.1 Å². The number of methoxy groups -OCH3 is 2. The van der Waals surface area contributed by atoms with Gasteiger partial charge in [0.1, 0.15) is 17.1 Å². The Bertz CT molecular complexity index is 1510. The minimum atomic E-state index is -0.294. The number of ether oxygens (including phenoxy) is 2. The smallest absolute Gasteiger partial charge is 0.285 e. The summed E-state index contributed by atoms with van der Waals surface area (Å²) in [6.45, 7) is 3.67. The molecule has 5 aromatic rings. The Morgan fingerprint density at radius 1 is 0.935 bits per heavy atom. The molecule has 0 radical (unpaired) electrons. The van der Waals surface area contributed by atoms with E-state index in [1.807, 2.05) is 37.3 Å². The number of hydrogen-bond acceptors (Lipinski definition) is 6. The number of H-pyrrole nitrogens is 1. The fraction of sp³-hybridized carbons (Fsp3) is 0.174. The third-order valence-corrected chi connectivity index (χ3v) is 5.33. The van der Waals surface area contributed by atoms with Crippen LogP contribution in [0, 0.1) is 13.8 Å². The number of oxazole rings is 1. The molecule has 2 aromatic carbocycles. The summed E-state index contributed by atoms with van der Waals surface area (Å²) in [6.07, 6.45) is 0. The van der Waals surface area contributed by atoms with E-state index in [1.54, 1.807) is 33.3 Å². The van der Waals surface area contributed by atoms with Crippen molar-refractivity contribution in [3.05, 3.63) is 64.2 Å². The molecule has 0 bridgehead atoms. The van der Waals surface area contributed by atoms with Crippen LogP contribution in [0.25, 0.3) is 39.3 Å². The van der Waals surface area contributed by atoms with E-state index in [9.17, 15) is 4.79 Å². The zero-order chi connectivity index (χ0) is 21.7. The van der Waals surface area contributed by atoms with E-state index in [-0.39, 0.29) is 11.4 Å². The van der Waals surface area contributed by atoms with Gasteiger partial charge in [0, 0.05) is 11.3 Å². The number of nitrogens with zero attached hydrogens (tertiary/aromatic N) is 3. The van der Waals surface area contributed by atoms with Crippen molar-refractivity contribution in [1.82, 2.24) is 19.6 Å². The van der Waals surface area contributed by atoms with Gasteiger partial charge in [-0.05, 0) is 32.0 Å². The van der Waals surface area contributed by atoms with Crippen LogP contribution in [0.3, 0.4) is 0 Å². The standard InChI is InChI=1S/C23H20N4O4/c1-12-19(22-25-20-16(30-4)10-7-11-17(20)31-22)23(28)27-21(24-12)18(13(2)26-27)14-8-5-6-9-15(14)29-3/h5-11,26H,1-4H3. The van der Waals surface area contributed by atoms with Crippen LogP contribution in [-0.2, 0) is 0 Å². The Labute approximate surface area is 177 Å². The first kappa shape index (κ1) is 18.9. The second-order valence-corrected chi connectivity index (χ2v) is 7.17. The molecule has 0 saturated heterocycles. The van der Waals surface area contributed by atoms with Crippen molar-refractivity contribution in [3.63, 3.8) is 0 Å². The first-order valence-electron chi connectivity index (χ1n) is 9.72. The topological polar surface area (TPSA) is 94.7 Å². The summed E-state index contributed by atoms with van der Waals surface area (Å²) in [7, 11) is 3.19. The molecule has 8 nitrogen and oxygen atoms in total. The number of fused-ring (bicyclic) bond motifs is 2. The molecule has 0 spiro atoms. The third-order valence-electron chi connectivity index (χ3n) is 5.33. The predicted octanol–water partition coefficient (Wildman–Crippen LogP) is 4.13. The zero-order valence-electron chi connectivity index (χ0n) is 17.5. The molecule has 0 aliphatic heterocycles. The van der Waals surface area contributed by atoms with Gasteiger partial charge >= 0.3 is 0 Å². The maximum absolute atomic E-state index is 13.5. The third kappa shape index (κ3) is 2.79. The largest absolute Gasteiger partial charge is 0.496 e. The Hall–Kier alpha value is -4.07. The molecule has 3 aromatic heterocycles. The molecule has 0 aliphatic carbocycles. The van der Waals surface area contributed by atoms with Gasteiger partial charge < -0.3 is 13.9 Å². The number of rotatable bonds is 4. The molecule has 3 heterocycles. The molecular weight excluding hydrogens is 396 g/mol. The van der Waals surface area contributed by atoms with Gasteiger partial charge in [-0.15, -0.1) is 0 Å². The number of nitrogens with one attached hydrogen (secondary N) is 1. The van der Waals surface area contributed by atoms with Gasteiger partial charge in [-0.3, -0.25) is 9.89 Å². The van der Waals surface area contributed by atoms with Crippen LogP contribution in [0.15, 0.2) is 51.7 Å². The second-order valence-electron chi connectivity index (χ2n) is 7.17. The molecule has 1 N–H and O–H groups in total. The summed E-state index contributed by atoms with van der Waals surface area (Å²) < 4.78 is 18.2. The lowest BCUT2D eigenvalue weighted by Crippen LogP contribution is -2.19. The van der Waals surface area contributed by atoms with E-state index in [0.717, 1.165) is 16.8 Å². The molecule has 156 valence electrons. The van der Waals surface area contributed by atoms with Crippen molar-refractivity contribution in [2.75, 3.05) is 14.2 Å². The van der Waals surface area contributed by atoms with Crippen molar-refractivity contribution >= 4 is 16.7 Å². The number of aromatic amines is 1. The van der Waals surface area contributed by atoms with Gasteiger partial charge in [0.05, 0.1) is 25.5 Å². The van der Waals surface area contributed by atoms with E-state index >= 15 is 0 Å². The van der Waals surface area contributed by atoms with Crippen molar-refractivity contribution in [2.24, 2.45) is 0 Å². The molecule has 0 aliphatic rings. The second kappa shape index (κ2) is 7.02. The van der Waals surface area contributed by atoms with Gasteiger partial charge in [0.2, 0.25) is 5.89 Å². The summed E-state index contributed by atoms with van der Waals surface area (Å²) in [5.74, 6) is 1.48. The highest BCUT2D eigenvalue weighted by Crippen LogP contribution is 2.35. The van der Waals surface area contributed by atoms with Crippen LogP contribution >= 0.6 is 0 Å². The molecule has 31 heavy (non-hydrogen) atoms. The Kier molecular flexibility index (Phi) is 4.28. The SMILES string of the molecule is COc1ccccc1-c1c(C)[nH]n2c(=O)c(-c3nc4c(OC)cccc4o3)c(C)nc12. The lowest BCUT2D eigenvalue weighted by molar-refractivity contribution is 0.416. The highest BCUT2D eigenvalue weighted by Gasteiger charge is 2.23. The number of aryl methyl sites for hydroxylation is 2. The lowest BCUT2D eigenvalue weighted by Gasteiger charge is -2.08. The van der Waals surface area contributed by atoms with E-state index in [2.05, 4.69) is 10.1 Å². The molecule has 0 atom stereocenters. The predicted molar refractivity (Wildman–Crippen MR) is 117 cm³/mol. The quantitative estimate of drug-likeness (QED) is 0.473. The molecule has 5 rings (SSSR count). The Balaban J connectivity index is 1.78. The minimum Gasteiger partial charge on any atom is -0.496 e. The number of benzene rings is 2. The van der Waals surface area contributed by atoms with Crippen LogP contribution in [-0.4, -0.2) is 33.8 Å². The van der Waals surface area contributed by atoms with E-state index in [1.165, 1.54) is 4.52 Å². The summed E-state index contributed by atoms with van der Waals surface area (Å²) >= 11 is 0. The molecule has 0 fully saturated rings. The summed E-state index contributed by atoms with van der Waals surface area (Å²) in [5.41, 5.74) is 4.59. The average molecular weight is 416 g/mol. The zero-order valence-corrected chi connectivity index (χ0v) is 17.5. The van der Waals surface area contributed by atoms with Crippen LogP contribution in [0.5, 0.6) is 11.5 Å². The monoisotopic (exact) mass is 416 g/mol. The number of aromatic nitrogens is 4. The summed E-state index contributed by atoms with van der Waals surface area (Å²) in [6, 6.07) is 13.0. The van der Waals surface area contributed by atoms with Crippen LogP contribution in [0.2, 0.25) is 0 Å². The fourth-order valence-corrected chi connectivity index (χ4v) is 3.91.